The van der Waals surface area contributed by atoms with E-state index in [1.807, 2.05) is 0 Å². The van der Waals surface area contributed by atoms with Crippen molar-refractivity contribution < 1.29 is 14.6 Å². The van der Waals surface area contributed by atoms with Gasteiger partial charge in [0.1, 0.15) is 0 Å². The second-order valence-electron chi connectivity index (χ2n) is 5.67. The maximum Gasteiger partial charge on any atom is 0.172 e. The van der Waals surface area contributed by atoms with Crippen molar-refractivity contribution in [3.05, 3.63) is 0 Å². The number of ether oxygens (including phenoxy) is 2. The van der Waals surface area contributed by atoms with Gasteiger partial charge in [0, 0.05) is 18.9 Å². The van der Waals surface area contributed by atoms with Crippen LogP contribution in [0.2, 0.25) is 0 Å². The Hall–Kier alpha value is -0.630. The first-order valence-electron chi connectivity index (χ1n) is 7.61. The van der Waals surface area contributed by atoms with E-state index in [0.29, 0.717) is 19.8 Å². The number of nitrogens with zero attached hydrogens (tertiary/aromatic N) is 1. The Bertz CT molecular complexity index is 307. The van der Waals surface area contributed by atoms with Crippen LogP contribution < -0.4 is 0 Å². The van der Waals surface area contributed by atoms with E-state index in [1.54, 1.807) is 0 Å². The zero-order chi connectivity index (χ0) is 13.6. The van der Waals surface area contributed by atoms with Crippen LogP contribution >= 0.6 is 0 Å². The monoisotopic (exact) mass is 267 g/mol. The second kappa shape index (κ2) is 7.23. The third-order valence-corrected chi connectivity index (χ3v) is 4.47. The number of nitriles is 1. The van der Waals surface area contributed by atoms with Gasteiger partial charge in [0.25, 0.3) is 0 Å². The number of hydrogen-bond acceptors (Lipinski definition) is 4. The van der Waals surface area contributed by atoms with E-state index < -0.39 is 5.79 Å². The number of aliphatic hydroxyl groups excluding tert-OH is 1. The summed E-state index contributed by atoms with van der Waals surface area (Å²) in [5.41, 5.74) is 0. The molecule has 2 unspecified atom stereocenters. The molecule has 0 aromatic heterocycles. The van der Waals surface area contributed by atoms with Gasteiger partial charge in [-0.25, -0.2) is 0 Å². The molecular weight excluding hydrogens is 242 g/mol. The molecule has 19 heavy (non-hydrogen) atoms. The van der Waals surface area contributed by atoms with E-state index in [-0.39, 0.29) is 11.8 Å². The lowest BCUT2D eigenvalue weighted by Gasteiger charge is -2.30. The molecule has 1 aliphatic carbocycles. The molecule has 2 aliphatic rings. The molecule has 1 N–H and O–H groups in total. The first kappa shape index (κ1) is 14.8. The Balaban J connectivity index is 1.77. The van der Waals surface area contributed by atoms with Crippen LogP contribution in [0.1, 0.15) is 51.4 Å². The minimum Gasteiger partial charge on any atom is -0.396 e. The highest BCUT2D eigenvalue weighted by Gasteiger charge is 2.52. The molecule has 0 bridgehead atoms. The Kier molecular flexibility index (Phi) is 5.62. The van der Waals surface area contributed by atoms with Gasteiger partial charge in [0.15, 0.2) is 5.79 Å². The van der Waals surface area contributed by atoms with Crippen molar-refractivity contribution in [1.29, 1.82) is 5.26 Å². The second-order valence-corrected chi connectivity index (χ2v) is 5.67. The zero-order valence-electron chi connectivity index (χ0n) is 11.6. The minimum absolute atomic E-state index is 0.0931. The van der Waals surface area contributed by atoms with Gasteiger partial charge in [-0.15, -0.1) is 0 Å². The number of rotatable bonds is 7. The van der Waals surface area contributed by atoms with Gasteiger partial charge in [-0.3, -0.25) is 0 Å². The van der Waals surface area contributed by atoms with Crippen LogP contribution in [0.3, 0.4) is 0 Å². The smallest absolute Gasteiger partial charge is 0.172 e. The van der Waals surface area contributed by atoms with Crippen molar-refractivity contribution in [2.75, 3.05) is 19.8 Å². The van der Waals surface area contributed by atoms with Crippen molar-refractivity contribution in [2.24, 2.45) is 11.8 Å². The molecule has 1 saturated carbocycles. The van der Waals surface area contributed by atoms with Crippen LogP contribution in [-0.2, 0) is 9.47 Å². The van der Waals surface area contributed by atoms with Crippen molar-refractivity contribution in [3.8, 4) is 6.07 Å². The van der Waals surface area contributed by atoms with Crippen LogP contribution in [0, 0.1) is 23.2 Å². The summed E-state index contributed by atoms with van der Waals surface area (Å²) in [5, 5.41) is 18.0. The highest BCUT2D eigenvalue weighted by Crippen LogP contribution is 2.47. The average Bonchev–Trinajstić information content (AvgIpc) is 3.03. The number of unbranched alkanes of at least 4 members (excludes halogenated alkanes) is 4. The summed E-state index contributed by atoms with van der Waals surface area (Å²) < 4.78 is 11.7. The summed E-state index contributed by atoms with van der Waals surface area (Å²) in [7, 11) is 0. The largest absolute Gasteiger partial charge is 0.396 e. The van der Waals surface area contributed by atoms with E-state index >= 15 is 0 Å². The van der Waals surface area contributed by atoms with Crippen LogP contribution in [0.15, 0.2) is 0 Å². The molecule has 0 amide bonds. The summed E-state index contributed by atoms with van der Waals surface area (Å²) >= 11 is 0. The topological polar surface area (TPSA) is 62.5 Å². The highest BCUT2D eigenvalue weighted by atomic mass is 16.7. The van der Waals surface area contributed by atoms with Crippen molar-refractivity contribution in [3.63, 3.8) is 0 Å². The Morgan fingerprint density at radius 3 is 2.47 bits per heavy atom. The van der Waals surface area contributed by atoms with Gasteiger partial charge in [-0.05, 0) is 19.3 Å². The Morgan fingerprint density at radius 1 is 1.11 bits per heavy atom. The van der Waals surface area contributed by atoms with Crippen molar-refractivity contribution >= 4 is 0 Å². The molecule has 1 spiro atoms. The fourth-order valence-electron chi connectivity index (χ4n) is 3.46. The third kappa shape index (κ3) is 3.47. The van der Waals surface area contributed by atoms with Crippen LogP contribution in [0.4, 0.5) is 0 Å². The van der Waals surface area contributed by atoms with E-state index in [0.717, 1.165) is 38.5 Å². The summed E-state index contributed by atoms with van der Waals surface area (Å²) in [5.74, 6) is -0.0979. The van der Waals surface area contributed by atoms with E-state index in [2.05, 4.69) is 6.07 Å². The summed E-state index contributed by atoms with van der Waals surface area (Å²) in [4.78, 5) is 0. The van der Waals surface area contributed by atoms with Crippen LogP contribution in [-0.4, -0.2) is 30.7 Å². The first-order valence-corrected chi connectivity index (χ1v) is 7.61. The van der Waals surface area contributed by atoms with Gasteiger partial charge in [0.2, 0.25) is 0 Å². The maximum atomic E-state index is 9.26. The molecule has 1 heterocycles. The maximum absolute atomic E-state index is 9.26. The summed E-state index contributed by atoms with van der Waals surface area (Å²) in [6.45, 7) is 1.64. The molecule has 0 radical (unpaired) electrons. The Morgan fingerprint density at radius 2 is 1.79 bits per heavy atom. The summed E-state index contributed by atoms with van der Waals surface area (Å²) in [6, 6.07) is 2.43. The quantitative estimate of drug-likeness (QED) is 0.720. The van der Waals surface area contributed by atoms with Gasteiger partial charge < -0.3 is 14.6 Å². The highest BCUT2D eigenvalue weighted by molar-refractivity contribution is 5.02. The van der Waals surface area contributed by atoms with Crippen LogP contribution in [0.5, 0.6) is 0 Å². The normalized spacial score (nSPS) is 28.8. The molecule has 2 fully saturated rings. The Labute approximate surface area is 115 Å². The molecule has 4 nitrogen and oxygen atoms in total. The lowest BCUT2D eigenvalue weighted by atomic mass is 9.88. The average molecular weight is 267 g/mol. The molecule has 1 aliphatic heterocycles. The molecule has 1 saturated heterocycles. The van der Waals surface area contributed by atoms with Gasteiger partial charge in [0.05, 0.1) is 25.2 Å². The molecule has 2 atom stereocenters. The van der Waals surface area contributed by atoms with E-state index in [4.69, 9.17) is 14.6 Å². The predicted molar refractivity (Wildman–Crippen MR) is 71.2 cm³/mol. The fraction of sp³-hybridized carbons (Fsp3) is 0.933. The van der Waals surface area contributed by atoms with Gasteiger partial charge >= 0.3 is 0 Å². The van der Waals surface area contributed by atoms with Crippen LogP contribution in [0.25, 0.3) is 0 Å². The fourth-order valence-corrected chi connectivity index (χ4v) is 3.46. The molecule has 108 valence electrons. The van der Waals surface area contributed by atoms with Crippen molar-refractivity contribution in [1.82, 2.24) is 0 Å². The van der Waals surface area contributed by atoms with Gasteiger partial charge in [-0.1, -0.05) is 25.7 Å². The summed E-state index contributed by atoms with van der Waals surface area (Å²) in [6.07, 6.45) is 8.28. The molecule has 4 heteroatoms. The lowest BCUT2D eigenvalue weighted by Crippen LogP contribution is -2.36. The molecule has 0 aromatic rings. The zero-order valence-corrected chi connectivity index (χ0v) is 11.6. The molecule has 2 rings (SSSR count). The number of hydrogen-bond donors (Lipinski definition) is 1. The van der Waals surface area contributed by atoms with E-state index in [9.17, 15) is 5.26 Å². The van der Waals surface area contributed by atoms with Gasteiger partial charge in [-0.2, -0.15) is 5.26 Å². The van der Waals surface area contributed by atoms with Crippen molar-refractivity contribution in [2.45, 2.75) is 57.2 Å². The first-order chi connectivity index (χ1) is 9.32. The number of aliphatic hydroxyl groups is 1. The molecule has 0 aromatic carbocycles. The predicted octanol–water partition coefficient (Wildman–Crippen LogP) is 2.61. The minimum atomic E-state index is -0.439. The lowest BCUT2D eigenvalue weighted by molar-refractivity contribution is -0.185. The third-order valence-electron chi connectivity index (χ3n) is 4.47. The molecular formula is C15H25NO3. The standard InChI is InChI=1S/C15H25NO3/c16-12-13-7-8-15(18-10-11-19-15)14(13)6-4-2-1-3-5-9-17/h13-14,17H,1-11H2. The SMILES string of the molecule is N#CC1CCC2(OCCO2)C1CCCCCCCO. The van der Waals surface area contributed by atoms with E-state index in [1.165, 1.54) is 12.8 Å².